The zero-order valence-electron chi connectivity index (χ0n) is 11.9. The largest absolute Gasteiger partial charge is 0.456 e. The Kier molecular flexibility index (Phi) is 4.71. The first-order valence-electron chi connectivity index (χ1n) is 6.34. The van der Waals surface area contributed by atoms with E-state index in [1.807, 2.05) is 65.0 Å². The summed E-state index contributed by atoms with van der Waals surface area (Å²) >= 11 is 0. The van der Waals surface area contributed by atoms with Gasteiger partial charge in [-0.15, -0.1) is 0 Å². The maximum atomic E-state index is 12.2. The van der Waals surface area contributed by atoms with Gasteiger partial charge in [0.25, 0.3) is 0 Å². The molecule has 0 aliphatic carbocycles. The fraction of sp³-hybridized carbons (Fsp3) is 0.438. The predicted molar refractivity (Wildman–Crippen MR) is 75.3 cm³/mol. The minimum atomic E-state index is -0.466. The molecule has 0 N–H and O–H groups in total. The van der Waals surface area contributed by atoms with Crippen molar-refractivity contribution < 1.29 is 9.53 Å². The highest BCUT2D eigenvalue weighted by molar-refractivity contribution is 6.17. The molecule has 1 aromatic carbocycles. The van der Waals surface area contributed by atoms with Crippen LogP contribution in [0.3, 0.4) is 0 Å². The van der Waals surface area contributed by atoms with Crippen molar-refractivity contribution in [1.29, 1.82) is 0 Å². The second-order valence-electron chi connectivity index (χ2n) is 5.34. The lowest BCUT2D eigenvalue weighted by Crippen LogP contribution is -2.24. The highest BCUT2D eigenvalue weighted by Gasteiger charge is 2.21. The van der Waals surface area contributed by atoms with Gasteiger partial charge in [0.15, 0.2) is 0 Å². The normalized spacial score (nSPS) is 12.4. The van der Waals surface area contributed by atoms with Crippen molar-refractivity contribution in [3.63, 3.8) is 0 Å². The summed E-state index contributed by atoms with van der Waals surface area (Å²) < 4.78 is 5.45. The first-order chi connectivity index (χ1) is 8.35. The van der Waals surface area contributed by atoms with Gasteiger partial charge in [0.05, 0.1) is 5.57 Å². The summed E-state index contributed by atoms with van der Waals surface area (Å²) in [6, 6.07) is 7.87. The molecule has 2 nitrogen and oxygen atoms in total. The van der Waals surface area contributed by atoms with Gasteiger partial charge in [-0.2, -0.15) is 0 Å². The van der Waals surface area contributed by atoms with Crippen LogP contribution >= 0.6 is 0 Å². The van der Waals surface area contributed by atoms with Crippen molar-refractivity contribution in [1.82, 2.24) is 0 Å². The number of esters is 1. The van der Waals surface area contributed by atoms with E-state index in [0.717, 1.165) is 17.5 Å². The summed E-state index contributed by atoms with van der Waals surface area (Å²) in [6.07, 6.45) is 2.74. The van der Waals surface area contributed by atoms with E-state index in [4.69, 9.17) is 4.74 Å². The van der Waals surface area contributed by atoms with Gasteiger partial charge in [-0.1, -0.05) is 37.3 Å². The lowest BCUT2D eigenvalue weighted by atomic mass is 9.99. The number of hydrogen-bond acceptors (Lipinski definition) is 2. The molecular formula is C16H22O2. The van der Waals surface area contributed by atoms with Crippen LogP contribution in [0.1, 0.15) is 45.2 Å². The number of benzene rings is 1. The number of aryl methyl sites for hydroxylation is 1. The molecule has 0 saturated heterocycles. The molecule has 1 rings (SSSR count). The third-order valence-corrected chi connectivity index (χ3v) is 2.46. The number of rotatable bonds is 3. The van der Waals surface area contributed by atoms with Crippen LogP contribution in [0.25, 0.3) is 5.57 Å². The third kappa shape index (κ3) is 4.02. The van der Waals surface area contributed by atoms with E-state index in [-0.39, 0.29) is 5.97 Å². The van der Waals surface area contributed by atoms with Gasteiger partial charge in [-0.3, -0.25) is 0 Å². The smallest absolute Gasteiger partial charge is 0.338 e. The van der Waals surface area contributed by atoms with Crippen LogP contribution in [-0.2, 0) is 9.53 Å². The second kappa shape index (κ2) is 5.85. The number of hydrogen-bond donors (Lipinski definition) is 0. The maximum Gasteiger partial charge on any atom is 0.338 e. The average molecular weight is 246 g/mol. The Labute approximate surface area is 110 Å². The van der Waals surface area contributed by atoms with E-state index in [2.05, 4.69) is 0 Å². The minimum absolute atomic E-state index is 0.251. The van der Waals surface area contributed by atoms with E-state index in [1.165, 1.54) is 0 Å². The predicted octanol–water partition coefficient (Wildman–Crippen LogP) is 4.13. The van der Waals surface area contributed by atoms with Crippen LogP contribution in [-0.4, -0.2) is 11.6 Å². The quantitative estimate of drug-likeness (QED) is 0.592. The molecule has 18 heavy (non-hydrogen) atoms. The summed E-state index contributed by atoms with van der Waals surface area (Å²) in [5, 5.41) is 0. The molecule has 0 saturated carbocycles. The Morgan fingerprint density at radius 1 is 1.28 bits per heavy atom. The van der Waals surface area contributed by atoms with Crippen LogP contribution < -0.4 is 0 Å². The van der Waals surface area contributed by atoms with Crippen LogP contribution in [0.15, 0.2) is 30.3 Å². The monoisotopic (exact) mass is 246 g/mol. The van der Waals surface area contributed by atoms with E-state index in [0.29, 0.717) is 5.57 Å². The summed E-state index contributed by atoms with van der Waals surface area (Å²) in [6.45, 7) is 9.66. The zero-order chi connectivity index (χ0) is 13.8. The SMILES string of the molecule is CC/C=C(/C(=O)OC(C)(C)C)c1ccccc1C. The fourth-order valence-corrected chi connectivity index (χ4v) is 1.72. The minimum Gasteiger partial charge on any atom is -0.456 e. The molecule has 0 bridgehead atoms. The molecule has 0 aliphatic rings. The van der Waals surface area contributed by atoms with Crippen LogP contribution in [0, 0.1) is 6.92 Å². The van der Waals surface area contributed by atoms with E-state index in [9.17, 15) is 4.79 Å². The molecule has 0 unspecified atom stereocenters. The number of ether oxygens (including phenoxy) is 1. The molecule has 0 amide bonds. The summed E-state index contributed by atoms with van der Waals surface area (Å²) in [5.41, 5.74) is 2.23. The molecule has 0 fully saturated rings. The van der Waals surface area contributed by atoms with Gasteiger partial charge in [-0.05, 0) is 45.2 Å². The molecule has 0 spiro atoms. The summed E-state index contributed by atoms with van der Waals surface area (Å²) in [5.74, 6) is -0.251. The molecule has 0 aliphatic heterocycles. The lowest BCUT2D eigenvalue weighted by Gasteiger charge is -2.21. The van der Waals surface area contributed by atoms with Crippen LogP contribution in [0.4, 0.5) is 0 Å². The molecule has 1 aromatic rings. The third-order valence-electron chi connectivity index (χ3n) is 2.46. The number of carbonyl (C=O) groups is 1. The first-order valence-corrected chi connectivity index (χ1v) is 6.34. The van der Waals surface area contributed by atoms with Gasteiger partial charge in [0.2, 0.25) is 0 Å². The zero-order valence-corrected chi connectivity index (χ0v) is 11.9. The van der Waals surface area contributed by atoms with Gasteiger partial charge < -0.3 is 4.74 Å². The topological polar surface area (TPSA) is 26.3 Å². The Morgan fingerprint density at radius 3 is 2.39 bits per heavy atom. The number of carbonyl (C=O) groups excluding carboxylic acids is 1. The Balaban J connectivity index is 3.09. The van der Waals surface area contributed by atoms with Gasteiger partial charge in [-0.25, -0.2) is 4.79 Å². The van der Waals surface area contributed by atoms with Gasteiger partial charge >= 0.3 is 5.97 Å². The van der Waals surface area contributed by atoms with Crippen molar-refractivity contribution in [2.24, 2.45) is 0 Å². The first kappa shape index (κ1) is 14.5. The van der Waals surface area contributed by atoms with E-state index < -0.39 is 5.60 Å². The fourth-order valence-electron chi connectivity index (χ4n) is 1.72. The highest BCUT2D eigenvalue weighted by atomic mass is 16.6. The van der Waals surface area contributed by atoms with Gasteiger partial charge in [0, 0.05) is 0 Å². The Morgan fingerprint density at radius 2 is 1.89 bits per heavy atom. The van der Waals surface area contributed by atoms with Gasteiger partial charge in [0.1, 0.15) is 5.60 Å². The molecular weight excluding hydrogens is 224 g/mol. The summed E-state index contributed by atoms with van der Waals surface area (Å²) in [4.78, 5) is 12.2. The highest BCUT2D eigenvalue weighted by Crippen LogP contribution is 2.23. The van der Waals surface area contributed by atoms with Crippen molar-refractivity contribution in [2.45, 2.75) is 46.6 Å². The van der Waals surface area contributed by atoms with Crippen LogP contribution in [0.2, 0.25) is 0 Å². The van der Waals surface area contributed by atoms with Crippen molar-refractivity contribution in [3.8, 4) is 0 Å². The Bertz CT molecular complexity index is 450. The lowest BCUT2D eigenvalue weighted by molar-refractivity contribution is -0.147. The van der Waals surface area contributed by atoms with E-state index >= 15 is 0 Å². The standard InChI is InChI=1S/C16H22O2/c1-6-9-14(15(17)18-16(3,4)5)13-11-8-7-10-12(13)2/h7-11H,6H2,1-5H3/b14-9+. The molecule has 98 valence electrons. The van der Waals surface area contributed by atoms with Crippen molar-refractivity contribution in [2.75, 3.05) is 0 Å². The van der Waals surface area contributed by atoms with E-state index in [1.54, 1.807) is 0 Å². The number of allylic oxidation sites excluding steroid dienone is 1. The van der Waals surface area contributed by atoms with Crippen LogP contribution in [0.5, 0.6) is 0 Å². The Hall–Kier alpha value is -1.57. The molecule has 0 atom stereocenters. The molecule has 0 aromatic heterocycles. The van der Waals surface area contributed by atoms with Crippen molar-refractivity contribution in [3.05, 3.63) is 41.5 Å². The average Bonchev–Trinajstić information content (AvgIpc) is 2.24. The summed E-state index contributed by atoms with van der Waals surface area (Å²) in [7, 11) is 0. The molecule has 0 radical (unpaired) electrons. The second-order valence-corrected chi connectivity index (χ2v) is 5.34. The van der Waals surface area contributed by atoms with Crippen molar-refractivity contribution >= 4 is 11.5 Å². The molecule has 2 heteroatoms. The molecule has 0 heterocycles. The maximum absolute atomic E-state index is 12.2.